The first kappa shape index (κ1) is 11.8. The molecule has 0 amide bonds. The molecule has 0 aliphatic heterocycles. The van der Waals surface area contributed by atoms with Crippen LogP contribution in [0.2, 0.25) is 0 Å². The minimum Gasteiger partial charge on any atom is -0.489 e. The molecule has 0 fully saturated rings. The van der Waals surface area contributed by atoms with Crippen molar-refractivity contribution in [2.75, 3.05) is 0 Å². The summed E-state index contributed by atoms with van der Waals surface area (Å²) in [5, 5.41) is 1.67. The third-order valence-electron chi connectivity index (χ3n) is 2.57. The Morgan fingerprint density at radius 3 is 2.53 bits per heavy atom. The molecule has 0 aromatic heterocycles. The Bertz CT molecular complexity index is 506. The Kier molecular flexibility index (Phi) is 3.89. The highest BCUT2D eigenvalue weighted by Crippen LogP contribution is 2.19. The third kappa shape index (κ3) is 3.14. The van der Waals surface area contributed by atoms with Crippen molar-refractivity contribution in [1.82, 2.24) is 0 Å². The van der Waals surface area contributed by atoms with Crippen molar-refractivity contribution in [2.24, 2.45) is 0 Å². The van der Waals surface area contributed by atoms with Crippen molar-refractivity contribution >= 4 is 17.6 Å². The maximum absolute atomic E-state index is 5.77. The molecule has 0 atom stereocenters. The fourth-order valence-corrected chi connectivity index (χ4v) is 1.79. The highest BCUT2D eigenvalue weighted by Gasteiger charge is 2.00. The standard InChI is InChI=1S/C15H14OS/c1-12-9-14(11-17)7-8-15(12)16-10-13-5-3-2-4-6-13/h2-9,11H,10H2,1H3. The van der Waals surface area contributed by atoms with Crippen molar-refractivity contribution in [3.05, 3.63) is 65.2 Å². The van der Waals surface area contributed by atoms with Gasteiger partial charge in [-0.25, -0.2) is 0 Å². The number of hydrogen-bond acceptors (Lipinski definition) is 2. The molecule has 0 saturated carbocycles. The van der Waals surface area contributed by atoms with Crippen LogP contribution in [0.25, 0.3) is 0 Å². The summed E-state index contributed by atoms with van der Waals surface area (Å²) in [5.74, 6) is 0.912. The molecule has 0 heterocycles. The van der Waals surface area contributed by atoms with Crippen molar-refractivity contribution in [3.63, 3.8) is 0 Å². The Morgan fingerprint density at radius 2 is 1.88 bits per heavy atom. The van der Waals surface area contributed by atoms with Crippen molar-refractivity contribution in [3.8, 4) is 5.75 Å². The van der Waals surface area contributed by atoms with Crippen LogP contribution in [-0.2, 0) is 6.61 Å². The second-order valence-corrected chi connectivity index (χ2v) is 4.15. The Balaban J connectivity index is 2.07. The van der Waals surface area contributed by atoms with E-state index in [1.807, 2.05) is 43.3 Å². The summed E-state index contributed by atoms with van der Waals surface area (Å²) in [6.07, 6.45) is 0. The van der Waals surface area contributed by atoms with E-state index in [9.17, 15) is 0 Å². The summed E-state index contributed by atoms with van der Waals surface area (Å²) in [7, 11) is 0. The van der Waals surface area contributed by atoms with Crippen LogP contribution in [0, 0.1) is 6.92 Å². The van der Waals surface area contributed by atoms with Crippen LogP contribution in [0.5, 0.6) is 5.75 Å². The van der Waals surface area contributed by atoms with Crippen molar-refractivity contribution in [2.45, 2.75) is 13.5 Å². The lowest BCUT2D eigenvalue weighted by molar-refractivity contribution is 0.304. The topological polar surface area (TPSA) is 9.23 Å². The van der Waals surface area contributed by atoms with E-state index in [1.54, 1.807) is 5.37 Å². The zero-order chi connectivity index (χ0) is 12.1. The fourth-order valence-electron chi connectivity index (χ4n) is 1.64. The van der Waals surface area contributed by atoms with E-state index < -0.39 is 0 Å². The molecule has 0 unspecified atom stereocenters. The monoisotopic (exact) mass is 242 g/mol. The first-order chi connectivity index (χ1) is 8.29. The number of benzene rings is 2. The molecule has 86 valence electrons. The van der Waals surface area contributed by atoms with Gasteiger partial charge in [-0.15, -0.1) is 0 Å². The second kappa shape index (κ2) is 5.60. The van der Waals surface area contributed by atoms with Gasteiger partial charge in [-0.3, -0.25) is 0 Å². The first-order valence-corrected chi connectivity index (χ1v) is 5.99. The van der Waals surface area contributed by atoms with Gasteiger partial charge in [0.1, 0.15) is 12.4 Å². The van der Waals surface area contributed by atoms with Gasteiger partial charge in [0.25, 0.3) is 0 Å². The minimum absolute atomic E-state index is 0.596. The molecule has 0 saturated heterocycles. The molecule has 0 spiro atoms. The third-order valence-corrected chi connectivity index (χ3v) is 2.84. The molecule has 2 rings (SSSR count). The highest BCUT2D eigenvalue weighted by atomic mass is 32.1. The van der Waals surface area contributed by atoms with Crippen LogP contribution >= 0.6 is 12.2 Å². The molecule has 0 radical (unpaired) electrons. The number of hydrogen-bond donors (Lipinski definition) is 0. The van der Waals surface area contributed by atoms with Crippen LogP contribution in [0.3, 0.4) is 0 Å². The van der Waals surface area contributed by atoms with E-state index in [-0.39, 0.29) is 0 Å². The number of thiocarbonyl (C=S) groups is 1. The van der Waals surface area contributed by atoms with Crippen LogP contribution in [0.15, 0.2) is 48.5 Å². The van der Waals surface area contributed by atoms with Gasteiger partial charge in [-0.05, 0) is 35.7 Å². The molecule has 2 aromatic carbocycles. The average Bonchev–Trinajstić information content (AvgIpc) is 2.38. The molecule has 2 heteroatoms. The number of ether oxygens (including phenoxy) is 1. The summed E-state index contributed by atoms with van der Waals surface area (Å²) < 4.78 is 5.77. The molecule has 0 bridgehead atoms. The van der Waals surface area contributed by atoms with E-state index in [0.717, 1.165) is 16.9 Å². The summed E-state index contributed by atoms with van der Waals surface area (Å²) in [4.78, 5) is 0. The van der Waals surface area contributed by atoms with Gasteiger partial charge >= 0.3 is 0 Å². The fraction of sp³-hybridized carbons (Fsp3) is 0.133. The van der Waals surface area contributed by atoms with Crippen LogP contribution < -0.4 is 4.74 Å². The Hall–Kier alpha value is -1.67. The van der Waals surface area contributed by atoms with Gasteiger partial charge in [0.15, 0.2) is 0 Å². The maximum Gasteiger partial charge on any atom is 0.122 e. The number of aryl methyl sites for hydroxylation is 1. The van der Waals surface area contributed by atoms with Gasteiger partial charge in [0.2, 0.25) is 0 Å². The molecule has 17 heavy (non-hydrogen) atoms. The highest BCUT2D eigenvalue weighted by molar-refractivity contribution is 7.79. The summed E-state index contributed by atoms with van der Waals surface area (Å²) >= 11 is 4.90. The molecule has 0 N–H and O–H groups in total. The van der Waals surface area contributed by atoms with Crippen molar-refractivity contribution in [1.29, 1.82) is 0 Å². The van der Waals surface area contributed by atoms with Gasteiger partial charge in [-0.2, -0.15) is 0 Å². The first-order valence-electron chi connectivity index (χ1n) is 5.52. The molecule has 0 aliphatic rings. The van der Waals surface area contributed by atoms with E-state index >= 15 is 0 Å². The van der Waals surface area contributed by atoms with E-state index in [1.165, 1.54) is 5.56 Å². The normalized spacial score (nSPS) is 9.94. The van der Waals surface area contributed by atoms with E-state index in [2.05, 4.69) is 12.1 Å². The van der Waals surface area contributed by atoms with E-state index in [0.29, 0.717) is 6.61 Å². The summed E-state index contributed by atoms with van der Waals surface area (Å²) in [5.41, 5.74) is 3.33. The zero-order valence-electron chi connectivity index (χ0n) is 9.72. The predicted octanol–water partition coefficient (Wildman–Crippen LogP) is 3.92. The predicted molar refractivity (Wildman–Crippen MR) is 74.7 cm³/mol. The van der Waals surface area contributed by atoms with Gasteiger partial charge in [-0.1, -0.05) is 48.6 Å². The van der Waals surface area contributed by atoms with Crippen LogP contribution in [0.4, 0.5) is 0 Å². The van der Waals surface area contributed by atoms with Crippen LogP contribution in [-0.4, -0.2) is 5.37 Å². The maximum atomic E-state index is 5.77. The van der Waals surface area contributed by atoms with E-state index in [4.69, 9.17) is 17.0 Å². The lowest BCUT2D eigenvalue weighted by atomic mass is 10.1. The van der Waals surface area contributed by atoms with Crippen molar-refractivity contribution < 1.29 is 4.74 Å². The molecular weight excluding hydrogens is 228 g/mol. The Labute approximate surface area is 107 Å². The lowest BCUT2D eigenvalue weighted by Crippen LogP contribution is -1.97. The summed E-state index contributed by atoms with van der Waals surface area (Å²) in [6.45, 7) is 2.63. The van der Waals surface area contributed by atoms with Gasteiger partial charge < -0.3 is 4.74 Å². The minimum atomic E-state index is 0.596. The smallest absolute Gasteiger partial charge is 0.122 e. The number of rotatable bonds is 4. The quantitative estimate of drug-likeness (QED) is 0.751. The zero-order valence-corrected chi connectivity index (χ0v) is 10.5. The summed E-state index contributed by atoms with van der Waals surface area (Å²) in [6, 6.07) is 16.1. The second-order valence-electron chi connectivity index (χ2n) is 3.92. The van der Waals surface area contributed by atoms with Gasteiger partial charge in [0.05, 0.1) is 0 Å². The lowest BCUT2D eigenvalue weighted by Gasteiger charge is -2.09. The molecule has 1 nitrogen and oxygen atoms in total. The molecule has 0 aliphatic carbocycles. The molecular formula is C15H14OS. The van der Waals surface area contributed by atoms with Gasteiger partial charge in [0, 0.05) is 5.37 Å². The average molecular weight is 242 g/mol. The molecule has 2 aromatic rings. The van der Waals surface area contributed by atoms with Crippen LogP contribution in [0.1, 0.15) is 16.7 Å². The SMILES string of the molecule is Cc1cc(C=S)ccc1OCc1ccccc1. The Morgan fingerprint density at radius 1 is 1.12 bits per heavy atom. The largest absolute Gasteiger partial charge is 0.489 e.